The van der Waals surface area contributed by atoms with Crippen molar-refractivity contribution in [1.29, 1.82) is 0 Å². The van der Waals surface area contributed by atoms with Crippen molar-refractivity contribution in [2.45, 2.75) is 31.8 Å². The van der Waals surface area contributed by atoms with Gasteiger partial charge in [-0.2, -0.15) is 0 Å². The van der Waals surface area contributed by atoms with E-state index in [2.05, 4.69) is 57.3 Å². The lowest BCUT2D eigenvalue weighted by molar-refractivity contribution is 0.204. The van der Waals surface area contributed by atoms with Gasteiger partial charge in [-0.25, -0.2) is 5.43 Å². The number of hydrogen-bond acceptors (Lipinski definition) is 5. The van der Waals surface area contributed by atoms with E-state index in [1.54, 1.807) is 0 Å². The van der Waals surface area contributed by atoms with Crippen LogP contribution in [0.5, 0.6) is 0 Å². The number of nitrogens with zero attached hydrogens (tertiary/aromatic N) is 2. The Morgan fingerprint density at radius 2 is 2.17 bits per heavy atom. The van der Waals surface area contributed by atoms with Gasteiger partial charge in [0, 0.05) is 25.1 Å². The number of nitrogens with one attached hydrogen (secondary N) is 2. The quantitative estimate of drug-likeness (QED) is 0.909. The molecule has 4 rings (SSSR count). The molecule has 3 atom stereocenters. The van der Waals surface area contributed by atoms with E-state index in [4.69, 9.17) is 4.52 Å². The van der Waals surface area contributed by atoms with Crippen molar-refractivity contribution in [3.8, 4) is 0 Å². The van der Waals surface area contributed by atoms with Crippen molar-refractivity contribution in [2.24, 2.45) is 5.92 Å². The van der Waals surface area contributed by atoms with Crippen molar-refractivity contribution in [3.63, 3.8) is 0 Å². The summed E-state index contributed by atoms with van der Waals surface area (Å²) in [5.41, 5.74) is 9.24. The van der Waals surface area contributed by atoms with Gasteiger partial charge in [0.05, 0.1) is 12.1 Å². The molecular formula is C18H24N4O. The Balaban J connectivity index is 1.48. The van der Waals surface area contributed by atoms with Crippen LogP contribution in [0.3, 0.4) is 0 Å². The second-order valence-corrected chi connectivity index (χ2v) is 6.69. The molecule has 2 fully saturated rings. The molecule has 2 aliphatic heterocycles. The van der Waals surface area contributed by atoms with E-state index in [1.807, 2.05) is 6.92 Å². The molecule has 23 heavy (non-hydrogen) atoms. The highest BCUT2D eigenvalue weighted by molar-refractivity contribution is 5.21. The molecule has 5 nitrogen and oxygen atoms in total. The molecule has 1 aromatic carbocycles. The third-order valence-corrected chi connectivity index (χ3v) is 5.07. The van der Waals surface area contributed by atoms with E-state index in [0.717, 1.165) is 31.1 Å². The first-order chi connectivity index (χ1) is 11.3. The minimum atomic E-state index is 0.372. The highest BCUT2D eigenvalue weighted by atomic mass is 16.5. The van der Waals surface area contributed by atoms with Crippen LogP contribution in [-0.2, 0) is 0 Å². The molecular weight excluding hydrogens is 288 g/mol. The third kappa shape index (κ3) is 3.04. The van der Waals surface area contributed by atoms with Crippen LogP contribution < -0.4 is 10.9 Å². The maximum Gasteiger partial charge on any atom is 0.133 e. The third-order valence-electron chi connectivity index (χ3n) is 5.07. The molecule has 0 amide bonds. The summed E-state index contributed by atoms with van der Waals surface area (Å²) in [6.07, 6.45) is 2.41. The van der Waals surface area contributed by atoms with Crippen molar-refractivity contribution in [3.05, 3.63) is 53.4 Å². The highest BCUT2D eigenvalue weighted by Gasteiger charge is 2.35. The number of aromatic nitrogens is 1. The smallest absolute Gasteiger partial charge is 0.133 e. The SMILES string of the molecule is Cc1cc(C2CCCN2CC2CNNC2c2ccccc2)no1. The fourth-order valence-corrected chi connectivity index (χ4v) is 3.95. The summed E-state index contributed by atoms with van der Waals surface area (Å²) in [6, 6.07) is 13.6. The minimum absolute atomic E-state index is 0.372. The van der Waals surface area contributed by atoms with Gasteiger partial charge in [-0.1, -0.05) is 35.5 Å². The van der Waals surface area contributed by atoms with E-state index < -0.39 is 0 Å². The second-order valence-electron chi connectivity index (χ2n) is 6.69. The normalized spacial score (nSPS) is 28.5. The van der Waals surface area contributed by atoms with Crippen LogP contribution in [0.4, 0.5) is 0 Å². The molecule has 0 saturated carbocycles. The molecule has 0 bridgehead atoms. The van der Waals surface area contributed by atoms with E-state index in [1.165, 1.54) is 18.4 Å². The van der Waals surface area contributed by atoms with E-state index >= 15 is 0 Å². The van der Waals surface area contributed by atoms with Gasteiger partial charge in [0.15, 0.2) is 0 Å². The van der Waals surface area contributed by atoms with Gasteiger partial charge in [0.1, 0.15) is 11.5 Å². The average Bonchev–Trinajstić information content (AvgIpc) is 3.29. The first-order valence-electron chi connectivity index (χ1n) is 8.52. The first kappa shape index (κ1) is 14.9. The summed E-state index contributed by atoms with van der Waals surface area (Å²) in [7, 11) is 0. The van der Waals surface area contributed by atoms with Crippen molar-refractivity contribution in [2.75, 3.05) is 19.6 Å². The maximum atomic E-state index is 5.28. The molecule has 2 N–H and O–H groups in total. The zero-order valence-corrected chi connectivity index (χ0v) is 13.5. The fourth-order valence-electron chi connectivity index (χ4n) is 3.95. The molecule has 3 heterocycles. The first-order valence-corrected chi connectivity index (χ1v) is 8.52. The van der Waals surface area contributed by atoms with Crippen LogP contribution in [0.25, 0.3) is 0 Å². The minimum Gasteiger partial charge on any atom is -0.361 e. The molecule has 0 radical (unpaired) electrons. The topological polar surface area (TPSA) is 53.3 Å². The van der Waals surface area contributed by atoms with Crippen molar-refractivity contribution < 1.29 is 4.52 Å². The van der Waals surface area contributed by atoms with Crippen LogP contribution in [-0.4, -0.2) is 29.7 Å². The lowest BCUT2D eigenvalue weighted by atomic mass is 9.94. The molecule has 2 saturated heterocycles. The highest BCUT2D eigenvalue weighted by Crippen LogP contribution is 2.34. The van der Waals surface area contributed by atoms with Crippen molar-refractivity contribution >= 4 is 0 Å². The molecule has 1 aromatic heterocycles. The molecule has 0 spiro atoms. The lowest BCUT2D eigenvalue weighted by Crippen LogP contribution is -2.33. The molecule has 3 unspecified atom stereocenters. The predicted octanol–water partition coefficient (Wildman–Crippen LogP) is 2.59. The predicted molar refractivity (Wildman–Crippen MR) is 88.6 cm³/mol. The van der Waals surface area contributed by atoms with Gasteiger partial charge < -0.3 is 4.52 Å². The Morgan fingerprint density at radius 3 is 2.96 bits per heavy atom. The van der Waals surface area contributed by atoms with E-state index in [9.17, 15) is 0 Å². The standard InChI is InChI=1S/C18H24N4O/c1-13-10-16(21-23-13)17-8-5-9-22(17)12-15-11-19-20-18(15)14-6-3-2-4-7-14/h2-4,6-7,10,15,17-20H,5,8-9,11-12H2,1H3. The average molecular weight is 312 g/mol. The summed E-state index contributed by atoms with van der Waals surface area (Å²) in [5.74, 6) is 1.46. The number of benzene rings is 1. The number of hydrogen-bond donors (Lipinski definition) is 2. The van der Waals surface area contributed by atoms with Crippen LogP contribution in [0.2, 0.25) is 0 Å². The Morgan fingerprint density at radius 1 is 1.30 bits per heavy atom. The molecule has 5 heteroatoms. The monoisotopic (exact) mass is 312 g/mol. The maximum absolute atomic E-state index is 5.28. The molecule has 0 aliphatic carbocycles. The zero-order chi connectivity index (χ0) is 15.6. The number of rotatable bonds is 4. The Kier molecular flexibility index (Phi) is 4.16. The van der Waals surface area contributed by atoms with Crippen LogP contribution in [0.1, 0.15) is 41.9 Å². The van der Waals surface area contributed by atoms with Gasteiger partial charge in [-0.05, 0) is 31.9 Å². The second kappa shape index (κ2) is 6.43. The van der Waals surface area contributed by atoms with Gasteiger partial charge >= 0.3 is 0 Å². The van der Waals surface area contributed by atoms with Crippen LogP contribution in [0, 0.1) is 12.8 Å². The lowest BCUT2D eigenvalue weighted by Gasteiger charge is -2.28. The Hall–Kier alpha value is -1.69. The number of hydrazine groups is 1. The van der Waals surface area contributed by atoms with E-state index in [-0.39, 0.29) is 0 Å². The molecule has 2 aliphatic rings. The van der Waals surface area contributed by atoms with Crippen LogP contribution in [0.15, 0.2) is 40.9 Å². The largest absolute Gasteiger partial charge is 0.361 e. The fraction of sp³-hybridized carbons (Fsp3) is 0.500. The molecule has 122 valence electrons. The summed E-state index contributed by atoms with van der Waals surface area (Å²) in [5, 5.41) is 4.25. The van der Waals surface area contributed by atoms with E-state index in [0.29, 0.717) is 18.0 Å². The zero-order valence-electron chi connectivity index (χ0n) is 13.5. The van der Waals surface area contributed by atoms with Gasteiger partial charge in [0.2, 0.25) is 0 Å². The van der Waals surface area contributed by atoms with Gasteiger partial charge in [-0.15, -0.1) is 0 Å². The number of aryl methyl sites for hydroxylation is 1. The number of likely N-dealkylation sites (tertiary alicyclic amines) is 1. The molecule has 2 aromatic rings. The summed E-state index contributed by atoms with van der Waals surface area (Å²) in [4.78, 5) is 2.58. The summed E-state index contributed by atoms with van der Waals surface area (Å²) < 4.78 is 5.28. The Labute approximate surface area is 137 Å². The van der Waals surface area contributed by atoms with Crippen LogP contribution >= 0.6 is 0 Å². The van der Waals surface area contributed by atoms with Gasteiger partial charge in [-0.3, -0.25) is 10.3 Å². The summed E-state index contributed by atoms with van der Waals surface area (Å²) >= 11 is 0. The Bertz CT molecular complexity index is 641. The summed E-state index contributed by atoms with van der Waals surface area (Å²) in [6.45, 7) is 5.19. The van der Waals surface area contributed by atoms with Crippen molar-refractivity contribution in [1.82, 2.24) is 20.9 Å². The van der Waals surface area contributed by atoms with Gasteiger partial charge in [0.25, 0.3) is 0 Å².